The molecule has 8 nitrogen and oxygen atoms in total. The number of nitrogens with one attached hydrogen (secondary N) is 2. The minimum Gasteiger partial charge on any atom is -0.349 e. The Morgan fingerprint density at radius 2 is 1.81 bits per heavy atom. The number of carbonyl (C=O) groups excluding carboxylic acids is 3. The van der Waals surface area contributed by atoms with Gasteiger partial charge in [0.1, 0.15) is 6.04 Å². The van der Waals surface area contributed by atoms with E-state index in [2.05, 4.69) is 15.7 Å². The molecule has 3 amide bonds. The van der Waals surface area contributed by atoms with Gasteiger partial charge in [-0.05, 0) is 24.3 Å². The Morgan fingerprint density at radius 3 is 2.39 bits per heavy atom. The van der Waals surface area contributed by atoms with Crippen LogP contribution in [-0.2, 0) is 23.1 Å². The molecule has 0 bridgehead atoms. The Labute approximate surface area is 183 Å². The van der Waals surface area contributed by atoms with Gasteiger partial charge in [-0.15, -0.1) is 0 Å². The lowest BCUT2D eigenvalue weighted by molar-refractivity contribution is -0.138. The van der Waals surface area contributed by atoms with Crippen LogP contribution in [0.3, 0.4) is 0 Å². The minimum atomic E-state index is -0.558. The fourth-order valence-corrected chi connectivity index (χ4v) is 3.77. The standard InChI is InChI=1S/C23H31N5O3/c1-16(2)21(26-20(29)13-17-7-5-4-6-8-17)23(31)28-11-9-19(10-12-28)25-22(30)18-14-24-27(3)15-18/h4-8,14-16,19,21H,9-13H2,1-3H3,(H,25,30)(H,26,29)/t21-/m1/s1. The zero-order valence-electron chi connectivity index (χ0n) is 18.4. The van der Waals surface area contributed by atoms with E-state index in [9.17, 15) is 14.4 Å². The monoisotopic (exact) mass is 425 g/mol. The maximum absolute atomic E-state index is 13.1. The third-order valence-corrected chi connectivity index (χ3v) is 5.57. The van der Waals surface area contributed by atoms with E-state index in [-0.39, 0.29) is 36.1 Å². The first-order chi connectivity index (χ1) is 14.8. The molecule has 0 aliphatic carbocycles. The quantitative estimate of drug-likeness (QED) is 0.703. The number of benzene rings is 1. The molecule has 0 spiro atoms. The summed E-state index contributed by atoms with van der Waals surface area (Å²) in [6.07, 6.45) is 4.83. The van der Waals surface area contributed by atoms with Gasteiger partial charge in [0, 0.05) is 32.4 Å². The van der Waals surface area contributed by atoms with Crippen molar-refractivity contribution in [2.24, 2.45) is 13.0 Å². The summed E-state index contributed by atoms with van der Waals surface area (Å²) in [5.41, 5.74) is 1.45. The number of rotatable bonds is 7. The van der Waals surface area contributed by atoms with Crippen molar-refractivity contribution in [3.63, 3.8) is 0 Å². The van der Waals surface area contributed by atoms with Crippen LogP contribution in [0.25, 0.3) is 0 Å². The van der Waals surface area contributed by atoms with E-state index in [4.69, 9.17) is 0 Å². The zero-order valence-corrected chi connectivity index (χ0v) is 18.4. The number of nitrogens with zero attached hydrogens (tertiary/aromatic N) is 3. The molecule has 166 valence electrons. The van der Waals surface area contributed by atoms with Crippen LogP contribution in [-0.4, -0.2) is 57.6 Å². The lowest BCUT2D eigenvalue weighted by Gasteiger charge is -2.35. The van der Waals surface area contributed by atoms with Gasteiger partial charge in [-0.25, -0.2) is 0 Å². The van der Waals surface area contributed by atoms with E-state index in [1.807, 2.05) is 44.2 Å². The van der Waals surface area contributed by atoms with E-state index in [1.54, 1.807) is 29.0 Å². The van der Waals surface area contributed by atoms with Gasteiger partial charge in [0.2, 0.25) is 11.8 Å². The maximum Gasteiger partial charge on any atom is 0.254 e. The topological polar surface area (TPSA) is 96.3 Å². The number of hydrogen-bond acceptors (Lipinski definition) is 4. The molecule has 2 N–H and O–H groups in total. The van der Waals surface area contributed by atoms with Crippen LogP contribution in [0, 0.1) is 5.92 Å². The second kappa shape index (κ2) is 10.2. The number of aromatic nitrogens is 2. The van der Waals surface area contributed by atoms with E-state index in [1.165, 1.54) is 0 Å². The summed E-state index contributed by atoms with van der Waals surface area (Å²) >= 11 is 0. The molecule has 0 unspecified atom stereocenters. The number of aryl methyl sites for hydroxylation is 1. The number of likely N-dealkylation sites (tertiary alicyclic amines) is 1. The van der Waals surface area contributed by atoms with Crippen LogP contribution in [0.15, 0.2) is 42.7 Å². The van der Waals surface area contributed by atoms with Crippen LogP contribution in [0.2, 0.25) is 0 Å². The van der Waals surface area contributed by atoms with Crippen LogP contribution >= 0.6 is 0 Å². The summed E-state index contributed by atoms with van der Waals surface area (Å²) in [6, 6.07) is 8.95. The fraction of sp³-hybridized carbons (Fsp3) is 0.478. The Hall–Kier alpha value is -3.16. The summed E-state index contributed by atoms with van der Waals surface area (Å²) < 4.78 is 1.59. The molecule has 31 heavy (non-hydrogen) atoms. The Morgan fingerprint density at radius 1 is 1.13 bits per heavy atom. The van der Waals surface area contributed by atoms with E-state index >= 15 is 0 Å². The summed E-state index contributed by atoms with van der Waals surface area (Å²) in [7, 11) is 1.77. The number of amides is 3. The molecule has 8 heteroatoms. The normalized spacial score (nSPS) is 15.5. The predicted octanol–water partition coefficient (Wildman–Crippen LogP) is 1.52. The molecule has 1 saturated heterocycles. The average Bonchev–Trinajstić information content (AvgIpc) is 3.19. The zero-order chi connectivity index (χ0) is 22.4. The number of piperidine rings is 1. The summed E-state index contributed by atoms with van der Waals surface area (Å²) in [5.74, 6) is -0.383. The van der Waals surface area contributed by atoms with Gasteiger partial charge in [-0.2, -0.15) is 5.10 Å². The van der Waals surface area contributed by atoms with Crippen molar-refractivity contribution in [2.75, 3.05) is 13.1 Å². The molecule has 1 aliphatic rings. The van der Waals surface area contributed by atoms with Crippen LogP contribution < -0.4 is 10.6 Å². The molecule has 3 rings (SSSR count). The molecule has 2 heterocycles. The number of hydrogen-bond donors (Lipinski definition) is 2. The molecular weight excluding hydrogens is 394 g/mol. The smallest absolute Gasteiger partial charge is 0.254 e. The summed E-state index contributed by atoms with van der Waals surface area (Å²) in [6.45, 7) is 4.97. The third kappa shape index (κ3) is 6.16. The first kappa shape index (κ1) is 22.5. The van der Waals surface area contributed by atoms with Gasteiger partial charge in [0.25, 0.3) is 5.91 Å². The van der Waals surface area contributed by atoms with Crippen molar-refractivity contribution >= 4 is 17.7 Å². The lowest BCUT2D eigenvalue weighted by atomic mass is 9.99. The van der Waals surface area contributed by atoms with Gasteiger partial charge >= 0.3 is 0 Å². The molecule has 1 aromatic carbocycles. The van der Waals surface area contributed by atoms with Gasteiger partial charge in [-0.1, -0.05) is 44.2 Å². The van der Waals surface area contributed by atoms with E-state index < -0.39 is 6.04 Å². The average molecular weight is 426 g/mol. The molecule has 1 aromatic heterocycles. The maximum atomic E-state index is 13.1. The predicted molar refractivity (Wildman–Crippen MR) is 117 cm³/mol. The minimum absolute atomic E-state index is 0.0157. The Kier molecular flexibility index (Phi) is 7.44. The largest absolute Gasteiger partial charge is 0.349 e. The fourth-order valence-electron chi connectivity index (χ4n) is 3.77. The number of carbonyl (C=O) groups is 3. The van der Waals surface area contributed by atoms with E-state index in [0.717, 1.165) is 5.56 Å². The van der Waals surface area contributed by atoms with Crippen molar-refractivity contribution in [3.05, 3.63) is 53.9 Å². The van der Waals surface area contributed by atoms with Gasteiger partial charge in [-0.3, -0.25) is 19.1 Å². The first-order valence-electron chi connectivity index (χ1n) is 10.7. The summed E-state index contributed by atoms with van der Waals surface area (Å²) in [4.78, 5) is 39.7. The molecule has 1 atom stereocenters. The highest BCUT2D eigenvalue weighted by Crippen LogP contribution is 2.15. The van der Waals surface area contributed by atoms with Crippen molar-refractivity contribution in [1.29, 1.82) is 0 Å². The Bertz CT molecular complexity index is 901. The first-order valence-corrected chi connectivity index (χ1v) is 10.7. The molecule has 2 aromatic rings. The highest BCUT2D eigenvalue weighted by Gasteiger charge is 2.31. The molecule has 1 fully saturated rings. The van der Waals surface area contributed by atoms with Crippen molar-refractivity contribution < 1.29 is 14.4 Å². The second-order valence-corrected chi connectivity index (χ2v) is 8.43. The molecular formula is C23H31N5O3. The molecule has 0 radical (unpaired) electrons. The van der Waals surface area contributed by atoms with Crippen LogP contribution in [0.5, 0.6) is 0 Å². The van der Waals surface area contributed by atoms with Crippen molar-refractivity contribution in [1.82, 2.24) is 25.3 Å². The lowest BCUT2D eigenvalue weighted by Crippen LogP contribution is -2.55. The van der Waals surface area contributed by atoms with Crippen LogP contribution in [0.1, 0.15) is 42.6 Å². The highest BCUT2D eigenvalue weighted by molar-refractivity contribution is 5.94. The van der Waals surface area contributed by atoms with Crippen molar-refractivity contribution in [2.45, 2.75) is 45.2 Å². The van der Waals surface area contributed by atoms with Crippen molar-refractivity contribution in [3.8, 4) is 0 Å². The summed E-state index contributed by atoms with van der Waals surface area (Å²) in [5, 5.41) is 9.96. The van der Waals surface area contributed by atoms with Crippen LogP contribution in [0.4, 0.5) is 0 Å². The van der Waals surface area contributed by atoms with Gasteiger partial charge in [0.05, 0.1) is 18.2 Å². The second-order valence-electron chi connectivity index (χ2n) is 8.43. The Balaban J connectivity index is 1.51. The van der Waals surface area contributed by atoms with Gasteiger partial charge in [0.15, 0.2) is 0 Å². The SMILES string of the molecule is CC(C)[C@@H](NC(=O)Cc1ccccc1)C(=O)N1CCC(NC(=O)c2cnn(C)c2)CC1. The molecule has 1 aliphatic heterocycles. The van der Waals surface area contributed by atoms with Gasteiger partial charge < -0.3 is 15.5 Å². The molecule has 0 saturated carbocycles. The third-order valence-electron chi connectivity index (χ3n) is 5.57. The highest BCUT2D eigenvalue weighted by atomic mass is 16.2. The van der Waals surface area contributed by atoms with E-state index in [0.29, 0.717) is 31.5 Å².